The van der Waals surface area contributed by atoms with Crippen molar-refractivity contribution in [1.82, 2.24) is 9.88 Å². The van der Waals surface area contributed by atoms with Gasteiger partial charge in [0.25, 0.3) is 5.91 Å². The van der Waals surface area contributed by atoms with Gasteiger partial charge < -0.3 is 4.90 Å². The number of rotatable bonds is 4. The second kappa shape index (κ2) is 6.62. The summed E-state index contributed by atoms with van der Waals surface area (Å²) in [5.74, 6) is 0.985. The zero-order valence-electron chi connectivity index (χ0n) is 12.0. The summed E-state index contributed by atoms with van der Waals surface area (Å²) in [5, 5.41) is 3.18. The first-order valence-corrected chi connectivity index (χ1v) is 9.02. The molecule has 0 radical (unpaired) electrons. The molecule has 1 amide bonds. The van der Waals surface area contributed by atoms with E-state index in [-0.39, 0.29) is 5.91 Å². The maximum Gasteiger partial charge on any atom is 0.254 e. The maximum absolute atomic E-state index is 12.6. The van der Waals surface area contributed by atoms with Crippen molar-refractivity contribution >= 4 is 29.0 Å². The topological polar surface area (TPSA) is 33.2 Å². The van der Waals surface area contributed by atoms with Crippen molar-refractivity contribution in [2.75, 3.05) is 13.1 Å². The predicted molar refractivity (Wildman–Crippen MR) is 88.0 cm³/mol. The highest BCUT2D eigenvalue weighted by atomic mass is 32.2. The SMILES string of the molecule is Cc1nc(CSc2ccccc2C(=O)N2CCCC2)cs1. The molecule has 1 fully saturated rings. The smallest absolute Gasteiger partial charge is 0.254 e. The third-order valence-corrected chi connectivity index (χ3v) is 5.48. The Labute approximate surface area is 133 Å². The fraction of sp³-hybridized carbons (Fsp3) is 0.375. The molecule has 1 aromatic heterocycles. The van der Waals surface area contributed by atoms with Crippen LogP contribution < -0.4 is 0 Å². The molecule has 0 unspecified atom stereocenters. The summed E-state index contributed by atoms with van der Waals surface area (Å²) in [5.41, 5.74) is 1.92. The lowest BCUT2D eigenvalue weighted by Crippen LogP contribution is -2.28. The summed E-state index contributed by atoms with van der Waals surface area (Å²) in [6.45, 7) is 3.80. The third kappa shape index (κ3) is 3.47. The van der Waals surface area contributed by atoms with Gasteiger partial charge >= 0.3 is 0 Å². The minimum absolute atomic E-state index is 0.171. The van der Waals surface area contributed by atoms with E-state index in [1.165, 1.54) is 0 Å². The van der Waals surface area contributed by atoms with Crippen molar-refractivity contribution in [3.05, 3.63) is 45.9 Å². The van der Waals surface area contributed by atoms with Gasteiger partial charge in [-0.25, -0.2) is 4.98 Å². The lowest BCUT2D eigenvalue weighted by Gasteiger charge is -2.17. The van der Waals surface area contributed by atoms with E-state index in [9.17, 15) is 4.79 Å². The minimum atomic E-state index is 0.171. The largest absolute Gasteiger partial charge is 0.339 e. The molecule has 3 rings (SSSR count). The lowest BCUT2D eigenvalue weighted by molar-refractivity contribution is 0.0789. The molecular formula is C16H18N2OS2. The van der Waals surface area contributed by atoms with Gasteiger partial charge in [0.05, 0.1) is 16.3 Å². The Morgan fingerprint density at radius 2 is 2.10 bits per heavy atom. The van der Waals surface area contributed by atoms with Crippen LogP contribution in [-0.2, 0) is 5.75 Å². The molecule has 3 nitrogen and oxygen atoms in total. The highest BCUT2D eigenvalue weighted by Crippen LogP contribution is 2.28. The number of carbonyl (C=O) groups excluding carboxylic acids is 1. The summed E-state index contributed by atoms with van der Waals surface area (Å²) in [6, 6.07) is 7.91. The van der Waals surface area contributed by atoms with Crippen LogP contribution in [-0.4, -0.2) is 28.9 Å². The molecule has 21 heavy (non-hydrogen) atoms. The van der Waals surface area contributed by atoms with Gasteiger partial charge in [-0.1, -0.05) is 12.1 Å². The van der Waals surface area contributed by atoms with Gasteiger partial charge in [-0.3, -0.25) is 4.79 Å². The lowest BCUT2D eigenvalue weighted by atomic mass is 10.2. The van der Waals surface area contributed by atoms with Crippen molar-refractivity contribution in [3.8, 4) is 0 Å². The Balaban J connectivity index is 1.74. The number of thiazole rings is 1. The van der Waals surface area contributed by atoms with Gasteiger partial charge in [-0.2, -0.15) is 0 Å². The van der Waals surface area contributed by atoms with Crippen LogP contribution in [0.3, 0.4) is 0 Å². The molecule has 1 saturated heterocycles. The van der Waals surface area contributed by atoms with E-state index in [2.05, 4.69) is 10.4 Å². The molecule has 0 spiro atoms. The van der Waals surface area contributed by atoms with Crippen LogP contribution in [0.25, 0.3) is 0 Å². The molecule has 2 heterocycles. The quantitative estimate of drug-likeness (QED) is 0.800. The Bertz CT molecular complexity index is 633. The normalized spacial score (nSPS) is 14.6. The minimum Gasteiger partial charge on any atom is -0.339 e. The molecule has 0 bridgehead atoms. The Morgan fingerprint density at radius 1 is 1.33 bits per heavy atom. The van der Waals surface area contributed by atoms with E-state index in [1.807, 2.05) is 36.1 Å². The number of likely N-dealkylation sites (tertiary alicyclic amines) is 1. The first-order valence-electron chi connectivity index (χ1n) is 7.16. The highest BCUT2D eigenvalue weighted by Gasteiger charge is 2.21. The van der Waals surface area contributed by atoms with Crippen molar-refractivity contribution in [2.24, 2.45) is 0 Å². The first-order chi connectivity index (χ1) is 10.2. The molecule has 0 N–H and O–H groups in total. The van der Waals surface area contributed by atoms with Gasteiger partial charge in [0.2, 0.25) is 0 Å². The maximum atomic E-state index is 12.6. The van der Waals surface area contributed by atoms with Crippen LogP contribution in [0, 0.1) is 6.92 Å². The number of amides is 1. The highest BCUT2D eigenvalue weighted by molar-refractivity contribution is 7.98. The molecule has 0 aliphatic carbocycles. The van der Waals surface area contributed by atoms with Crippen LogP contribution in [0.4, 0.5) is 0 Å². The average molecular weight is 318 g/mol. The van der Waals surface area contributed by atoms with Crippen LogP contribution in [0.1, 0.15) is 33.9 Å². The monoisotopic (exact) mass is 318 g/mol. The summed E-state index contributed by atoms with van der Waals surface area (Å²) in [6.07, 6.45) is 2.25. The van der Waals surface area contributed by atoms with E-state index >= 15 is 0 Å². The Kier molecular flexibility index (Phi) is 4.60. The predicted octanol–water partition coefficient (Wildman–Crippen LogP) is 3.98. The second-order valence-corrected chi connectivity index (χ2v) is 7.22. The van der Waals surface area contributed by atoms with Crippen LogP contribution in [0.15, 0.2) is 34.5 Å². The van der Waals surface area contributed by atoms with Crippen LogP contribution in [0.2, 0.25) is 0 Å². The molecule has 1 aromatic carbocycles. The summed E-state index contributed by atoms with van der Waals surface area (Å²) in [4.78, 5) is 20.1. The molecule has 0 saturated carbocycles. The molecule has 2 aromatic rings. The Hall–Kier alpha value is -1.33. The van der Waals surface area contributed by atoms with E-state index in [1.54, 1.807) is 23.1 Å². The molecule has 5 heteroatoms. The zero-order valence-corrected chi connectivity index (χ0v) is 13.7. The molecule has 1 aliphatic heterocycles. The van der Waals surface area contributed by atoms with Crippen LogP contribution >= 0.6 is 23.1 Å². The first kappa shape index (κ1) is 14.6. The number of benzene rings is 1. The van der Waals surface area contributed by atoms with Gasteiger partial charge in [-0.15, -0.1) is 23.1 Å². The molecule has 0 atom stereocenters. The fourth-order valence-electron chi connectivity index (χ4n) is 2.49. The van der Waals surface area contributed by atoms with Gasteiger partial charge in [-0.05, 0) is 31.9 Å². The number of aryl methyl sites for hydroxylation is 1. The Morgan fingerprint density at radius 3 is 2.81 bits per heavy atom. The number of hydrogen-bond donors (Lipinski definition) is 0. The fourth-order valence-corrected chi connectivity index (χ4v) is 4.14. The van der Waals surface area contributed by atoms with E-state index in [0.717, 1.165) is 52.8 Å². The number of nitrogens with zero attached hydrogens (tertiary/aromatic N) is 2. The van der Waals surface area contributed by atoms with Crippen molar-refractivity contribution in [1.29, 1.82) is 0 Å². The second-order valence-electron chi connectivity index (χ2n) is 5.14. The summed E-state index contributed by atoms with van der Waals surface area (Å²) in [7, 11) is 0. The average Bonchev–Trinajstić information content (AvgIpc) is 3.16. The number of hydrogen-bond acceptors (Lipinski definition) is 4. The summed E-state index contributed by atoms with van der Waals surface area (Å²) >= 11 is 3.37. The van der Waals surface area contributed by atoms with Crippen molar-refractivity contribution in [2.45, 2.75) is 30.4 Å². The summed E-state index contributed by atoms with van der Waals surface area (Å²) < 4.78 is 0. The van der Waals surface area contributed by atoms with E-state index in [4.69, 9.17) is 0 Å². The van der Waals surface area contributed by atoms with E-state index < -0.39 is 0 Å². The van der Waals surface area contributed by atoms with Crippen LogP contribution in [0.5, 0.6) is 0 Å². The van der Waals surface area contributed by atoms with Gasteiger partial charge in [0.1, 0.15) is 0 Å². The van der Waals surface area contributed by atoms with Crippen molar-refractivity contribution < 1.29 is 4.79 Å². The number of carbonyl (C=O) groups is 1. The molecular weight excluding hydrogens is 300 g/mol. The van der Waals surface area contributed by atoms with Crippen molar-refractivity contribution in [3.63, 3.8) is 0 Å². The molecule has 110 valence electrons. The van der Waals surface area contributed by atoms with E-state index in [0.29, 0.717) is 0 Å². The zero-order chi connectivity index (χ0) is 14.7. The number of thioether (sulfide) groups is 1. The standard InChI is InChI=1S/C16H18N2OS2/c1-12-17-13(10-20-12)11-21-15-7-3-2-6-14(15)16(19)18-8-4-5-9-18/h2-3,6-7,10H,4-5,8-9,11H2,1H3. The number of aromatic nitrogens is 1. The third-order valence-electron chi connectivity index (χ3n) is 3.55. The van der Waals surface area contributed by atoms with Gasteiger partial charge in [0.15, 0.2) is 0 Å². The molecule has 1 aliphatic rings. The van der Waals surface area contributed by atoms with Gasteiger partial charge in [0, 0.05) is 29.1 Å².